The number of halogens is 3. The maximum absolute atomic E-state index is 13.8. The molecule has 1 aromatic heterocycles. The summed E-state index contributed by atoms with van der Waals surface area (Å²) in [6, 6.07) is 6.84. The van der Waals surface area contributed by atoms with E-state index in [1.807, 2.05) is 10.7 Å². The predicted octanol–water partition coefficient (Wildman–Crippen LogP) is 5.24. The van der Waals surface area contributed by atoms with E-state index in [0.29, 0.717) is 18.9 Å². The Morgan fingerprint density at radius 3 is 2.56 bits per heavy atom. The lowest BCUT2D eigenvalue weighted by Crippen LogP contribution is -2.56. The van der Waals surface area contributed by atoms with Crippen molar-refractivity contribution in [1.82, 2.24) is 14.7 Å². The zero-order chi connectivity index (χ0) is 22.9. The van der Waals surface area contributed by atoms with Crippen molar-refractivity contribution in [2.24, 2.45) is 0 Å². The van der Waals surface area contributed by atoms with Crippen molar-refractivity contribution in [3.63, 3.8) is 0 Å². The molecule has 1 N–H and O–H groups in total. The number of likely N-dealkylation sites (tertiary alicyclic amines) is 1. The van der Waals surface area contributed by atoms with Crippen LogP contribution in [0.2, 0.25) is 5.02 Å². The van der Waals surface area contributed by atoms with Gasteiger partial charge in [-0.05, 0) is 49.8 Å². The largest absolute Gasteiger partial charge is 0.433 e. The van der Waals surface area contributed by atoms with Crippen LogP contribution in [-0.4, -0.2) is 46.3 Å². The van der Waals surface area contributed by atoms with Crippen LogP contribution in [-0.2, 0) is 10.3 Å². The molecule has 1 amide bonds. The minimum Gasteiger partial charge on any atom is -0.433 e. The number of anilines is 1. The molecule has 6 nitrogen and oxygen atoms in total. The number of benzene rings is 1. The second-order valence-corrected chi connectivity index (χ2v) is 9.38. The predicted molar refractivity (Wildman–Crippen MR) is 119 cm³/mol. The van der Waals surface area contributed by atoms with Crippen molar-refractivity contribution in [2.75, 3.05) is 18.4 Å². The average Bonchev–Trinajstić information content (AvgIpc) is 3.20. The Morgan fingerprint density at radius 1 is 1.25 bits per heavy atom. The van der Waals surface area contributed by atoms with Gasteiger partial charge in [-0.25, -0.2) is 0 Å². The molecule has 0 atom stereocenters. The van der Waals surface area contributed by atoms with Gasteiger partial charge in [-0.3, -0.25) is 9.48 Å². The fourth-order valence-corrected chi connectivity index (χ4v) is 4.85. The maximum atomic E-state index is 13.8. The van der Waals surface area contributed by atoms with Gasteiger partial charge < -0.3 is 15.0 Å². The zero-order valence-corrected chi connectivity index (χ0v) is 19.1. The number of alkyl halides is 2. The lowest BCUT2D eigenvalue weighted by atomic mass is 9.82. The summed E-state index contributed by atoms with van der Waals surface area (Å²) in [5, 5.41) is 7.64. The quantitative estimate of drug-likeness (QED) is 0.606. The van der Waals surface area contributed by atoms with Crippen molar-refractivity contribution >= 4 is 23.2 Å². The van der Waals surface area contributed by atoms with Crippen LogP contribution in [0.5, 0.6) is 5.75 Å². The smallest absolute Gasteiger partial charge is 0.387 e. The van der Waals surface area contributed by atoms with E-state index in [2.05, 4.69) is 33.9 Å². The van der Waals surface area contributed by atoms with E-state index in [0.717, 1.165) is 18.8 Å². The van der Waals surface area contributed by atoms with Crippen molar-refractivity contribution in [1.29, 1.82) is 0 Å². The molecule has 1 saturated heterocycles. The summed E-state index contributed by atoms with van der Waals surface area (Å²) in [6.45, 7) is 2.68. The van der Waals surface area contributed by atoms with E-state index < -0.39 is 12.2 Å². The Balaban J connectivity index is 1.65. The summed E-state index contributed by atoms with van der Waals surface area (Å²) >= 11 is 5.96. The van der Waals surface area contributed by atoms with E-state index in [-0.39, 0.29) is 28.3 Å². The molecular formula is C23H29ClF2N4O2. The molecule has 9 heteroatoms. The third kappa shape index (κ3) is 4.48. The number of nitrogens with zero attached hydrogens (tertiary/aromatic N) is 3. The second-order valence-electron chi connectivity index (χ2n) is 8.95. The van der Waals surface area contributed by atoms with E-state index in [9.17, 15) is 13.6 Å². The molecule has 1 aliphatic carbocycles. The van der Waals surface area contributed by atoms with Crippen molar-refractivity contribution < 1.29 is 18.3 Å². The van der Waals surface area contributed by atoms with Crippen LogP contribution in [0.15, 0.2) is 30.5 Å². The van der Waals surface area contributed by atoms with Gasteiger partial charge in [0.05, 0.1) is 5.69 Å². The van der Waals surface area contributed by atoms with Crippen LogP contribution in [0.4, 0.5) is 14.5 Å². The van der Waals surface area contributed by atoms with Crippen molar-refractivity contribution in [3.8, 4) is 5.75 Å². The summed E-state index contributed by atoms with van der Waals surface area (Å²) in [6.07, 6.45) is 6.57. The SMILES string of the molecule is CC(C)c1ccnn1C1(C(=O)Nc2ccc(Cl)cc2OC(F)F)CCN(C2CCC2)CC1. The number of carbonyl (C=O) groups is 1. The van der Waals surface area contributed by atoms with Crippen LogP contribution in [0.25, 0.3) is 0 Å². The Kier molecular flexibility index (Phi) is 6.72. The number of aromatic nitrogens is 2. The van der Waals surface area contributed by atoms with Gasteiger partial charge in [0.2, 0.25) is 0 Å². The molecule has 2 aromatic rings. The highest BCUT2D eigenvalue weighted by Crippen LogP contribution is 2.38. The minimum atomic E-state index is -3.03. The lowest BCUT2D eigenvalue weighted by Gasteiger charge is -2.46. The van der Waals surface area contributed by atoms with Crippen LogP contribution < -0.4 is 10.1 Å². The van der Waals surface area contributed by atoms with E-state index in [4.69, 9.17) is 11.6 Å². The Hall–Kier alpha value is -2.19. The fourth-order valence-electron chi connectivity index (χ4n) is 4.69. The van der Waals surface area contributed by atoms with E-state index in [1.165, 1.54) is 37.5 Å². The maximum Gasteiger partial charge on any atom is 0.387 e. The van der Waals surface area contributed by atoms with Crippen LogP contribution in [0, 0.1) is 0 Å². The first-order valence-corrected chi connectivity index (χ1v) is 11.5. The summed E-state index contributed by atoms with van der Waals surface area (Å²) in [5.74, 6) is -0.259. The summed E-state index contributed by atoms with van der Waals surface area (Å²) in [4.78, 5) is 16.2. The number of carbonyl (C=O) groups excluding carboxylic acids is 1. The van der Waals surface area contributed by atoms with Crippen molar-refractivity contribution in [2.45, 2.75) is 70.1 Å². The minimum absolute atomic E-state index is 0.160. The van der Waals surface area contributed by atoms with Gasteiger partial charge in [0.1, 0.15) is 5.54 Å². The van der Waals surface area contributed by atoms with Gasteiger partial charge in [-0.2, -0.15) is 13.9 Å². The number of ether oxygens (including phenoxy) is 1. The molecular weight excluding hydrogens is 438 g/mol. The van der Waals surface area contributed by atoms with Gasteiger partial charge in [-0.1, -0.05) is 31.9 Å². The lowest BCUT2D eigenvalue weighted by molar-refractivity contribution is -0.128. The van der Waals surface area contributed by atoms with Crippen LogP contribution in [0.3, 0.4) is 0 Å². The molecule has 0 radical (unpaired) electrons. The van der Waals surface area contributed by atoms with Crippen molar-refractivity contribution in [3.05, 3.63) is 41.2 Å². The molecule has 1 aromatic carbocycles. The molecule has 1 aliphatic heterocycles. The molecule has 174 valence electrons. The number of hydrogen-bond acceptors (Lipinski definition) is 4. The van der Waals surface area contributed by atoms with Gasteiger partial charge >= 0.3 is 6.61 Å². The second kappa shape index (κ2) is 9.35. The molecule has 1 saturated carbocycles. The third-order valence-corrected chi connectivity index (χ3v) is 6.95. The van der Waals surface area contributed by atoms with Gasteiger partial charge in [-0.15, -0.1) is 0 Å². The molecule has 2 aliphatic rings. The number of hydrogen-bond donors (Lipinski definition) is 1. The van der Waals surface area contributed by atoms with Gasteiger partial charge in [0.25, 0.3) is 5.91 Å². The number of rotatable bonds is 7. The number of amides is 1. The highest BCUT2D eigenvalue weighted by molar-refractivity contribution is 6.30. The Morgan fingerprint density at radius 2 is 1.97 bits per heavy atom. The van der Waals surface area contributed by atoms with E-state index >= 15 is 0 Å². The van der Waals surface area contributed by atoms with Gasteiger partial charge in [0.15, 0.2) is 5.75 Å². The molecule has 2 fully saturated rings. The molecule has 0 spiro atoms. The van der Waals surface area contributed by atoms with E-state index in [1.54, 1.807) is 6.20 Å². The Bertz CT molecular complexity index is 953. The monoisotopic (exact) mass is 466 g/mol. The first kappa shape index (κ1) is 23.0. The fraction of sp³-hybridized carbons (Fsp3) is 0.565. The van der Waals surface area contributed by atoms with Crippen LogP contribution >= 0.6 is 11.6 Å². The normalized spacial score (nSPS) is 19.2. The standard InChI is InChI=1S/C23H29ClF2N4O2/c1-15(2)19-8-11-27-30(19)23(9-12-29(13-10-23)17-4-3-5-17)21(31)28-18-7-6-16(24)14-20(18)32-22(25)26/h6-8,11,14-15,17,22H,3-5,9-10,12-13H2,1-2H3,(H,28,31). The first-order valence-electron chi connectivity index (χ1n) is 11.1. The van der Waals surface area contributed by atoms with Gasteiger partial charge in [0, 0.05) is 42.1 Å². The first-order chi connectivity index (χ1) is 15.3. The molecule has 0 unspecified atom stereocenters. The highest BCUT2D eigenvalue weighted by atomic mass is 35.5. The molecule has 32 heavy (non-hydrogen) atoms. The average molecular weight is 467 g/mol. The third-order valence-electron chi connectivity index (χ3n) is 6.72. The molecule has 2 heterocycles. The number of nitrogens with one attached hydrogen (secondary N) is 1. The van der Waals surface area contributed by atoms with Crippen LogP contribution in [0.1, 0.15) is 57.6 Å². The topological polar surface area (TPSA) is 59.4 Å². The summed E-state index contributed by atoms with van der Waals surface area (Å²) < 4.78 is 32.3. The zero-order valence-electron chi connectivity index (χ0n) is 18.4. The Labute approximate surface area is 191 Å². The highest BCUT2D eigenvalue weighted by Gasteiger charge is 2.46. The molecule has 0 bridgehead atoms. The molecule has 4 rings (SSSR count). The number of piperidine rings is 1. The summed E-state index contributed by atoms with van der Waals surface area (Å²) in [7, 11) is 0. The summed E-state index contributed by atoms with van der Waals surface area (Å²) in [5.41, 5.74) is 0.224.